The number of nitrogens with one attached hydrogen (secondary N) is 1. The quantitative estimate of drug-likeness (QED) is 0.490. The maximum Gasteiger partial charge on any atom is 0.300 e. The van der Waals surface area contributed by atoms with Crippen molar-refractivity contribution in [2.45, 2.75) is 44.8 Å². The number of carboxylic acids is 1. The van der Waals surface area contributed by atoms with E-state index in [1.807, 2.05) is 35.2 Å². The molecule has 0 aliphatic heterocycles. The van der Waals surface area contributed by atoms with E-state index in [2.05, 4.69) is 0 Å². The summed E-state index contributed by atoms with van der Waals surface area (Å²) >= 11 is 0. The Morgan fingerprint density at radius 3 is 2.14 bits per heavy atom. The van der Waals surface area contributed by atoms with E-state index in [-0.39, 0.29) is 18.1 Å². The molecule has 0 unspecified atom stereocenters. The molecule has 0 amide bonds. The van der Waals surface area contributed by atoms with Gasteiger partial charge in [0.2, 0.25) is 0 Å². The number of nitrogens with two attached hydrogens (primary N) is 1. The number of nitrogens with zero attached hydrogens (tertiary/aromatic N) is 1. The van der Waals surface area contributed by atoms with Gasteiger partial charge in [0.15, 0.2) is 5.96 Å². The van der Waals surface area contributed by atoms with Crippen LogP contribution in [0.25, 0.3) is 0 Å². The molecular weight excluding hydrogens is 270 g/mol. The van der Waals surface area contributed by atoms with Crippen molar-refractivity contribution in [1.29, 1.82) is 5.41 Å². The Kier molecular flexibility index (Phi) is 6.68. The van der Waals surface area contributed by atoms with Gasteiger partial charge >= 0.3 is 0 Å². The van der Waals surface area contributed by atoms with Gasteiger partial charge in [0, 0.05) is 18.7 Å². The van der Waals surface area contributed by atoms with Crippen molar-refractivity contribution >= 4 is 17.6 Å². The third kappa shape index (κ3) is 5.83. The summed E-state index contributed by atoms with van der Waals surface area (Å²) in [6, 6.07) is 10.0. The first-order valence-electron chi connectivity index (χ1n) is 6.97. The topological polar surface area (TPSA) is 111 Å². The number of aliphatic carboxylic acids is 1. The van der Waals surface area contributed by atoms with E-state index in [4.69, 9.17) is 21.0 Å². The summed E-state index contributed by atoms with van der Waals surface area (Å²) in [6.07, 6.45) is 3.17. The van der Waals surface area contributed by atoms with Crippen molar-refractivity contribution < 1.29 is 15.0 Å². The number of benzene rings is 1. The van der Waals surface area contributed by atoms with Gasteiger partial charge in [-0.25, -0.2) is 0 Å². The van der Waals surface area contributed by atoms with Crippen molar-refractivity contribution in [2.75, 3.05) is 4.90 Å². The minimum absolute atomic E-state index is 0.0811. The Bertz CT molecular complexity index is 452. The van der Waals surface area contributed by atoms with Crippen LogP contribution < -0.4 is 10.6 Å². The van der Waals surface area contributed by atoms with E-state index in [9.17, 15) is 5.11 Å². The van der Waals surface area contributed by atoms with Gasteiger partial charge in [-0.2, -0.15) is 0 Å². The zero-order valence-corrected chi connectivity index (χ0v) is 12.2. The molecule has 1 saturated carbocycles. The molecule has 0 atom stereocenters. The highest BCUT2D eigenvalue weighted by Crippen LogP contribution is 2.27. The lowest BCUT2D eigenvalue weighted by Crippen LogP contribution is -2.46. The van der Waals surface area contributed by atoms with Crippen LogP contribution in [0.4, 0.5) is 5.69 Å². The molecule has 0 aromatic heterocycles. The van der Waals surface area contributed by atoms with E-state index < -0.39 is 5.97 Å². The van der Waals surface area contributed by atoms with Crippen LogP contribution in [-0.2, 0) is 4.79 Å². The Balaban J connectivity index is 0.000000491. The second kappa shape index (κ2) is 8.26. The highest BCUT2D eigenvalue weighted by molar-refractivity contribution is 5.93. The molecule has 6 heteroatoms. The van der Waals surface area contributed by atoms with Gasteiger partial charge in [-0.05, 0) is 37.8 Å². The molecule has 0 heterocycles. The first kappa shape index (κ1) is 17.0. The number of hydrogen-bond acceptors (Lipinski definition) is 3. The van der Waals surface area contributed by atoms with Crippen molar-refractivity contribution in [3.63, 3.8) is 0 Å². The van der Waals surface area contributed by atoms with Gasteiger partial charge < -0.3 is 20.8 Å². The fraction of sp³-hybridized carbons (Fsp3) is 0.467. The molecule has 1 aromatic carbocycles. The molecule has 116 valence electrons. The van der Waals surface area contributed by atoms with E-state index in [1.54, 1.807) is 0 Å². The number of para-hydroxylation sites is 1. The number of aliphatic hydroxyl groups is 1. The van der Waals surface area contributed by atoms with E-state index in [0.717, 1.165) is 38.3 Å². The number of carboxylic acid groups (broad SMARTS) is 1. The predicted molar refractivity (Wildman–Crippen MR) is 82.4 cm³/mol. The Morgan fingerprint density at radius 2 is 1.71 bits per heavy atom. The number of anilines is 1. The van der Waals surface area contributed by atoms with Crippen molar-refractivity contribution in [3.05, 3.63) is 30.3 Å². The van der Waals surface area contributed by atoms with Crippen LogP contribution in [0.1, 0.15) is 32.6 Å². The van der Waals surface area contributed by atoms with E-state index >= 15 is 0 Å². The summed E-state index contributed by atoms with van der Waals surface area (Å²) < 4.78 is 0. The summed E-state index contributed by atoms with van der Waals surface area (Å²) in [5.41, 5.74) is 6.64. The highest BCUT2D eigenvalue weighted by Gasteiger charge is 2.26. The molecule has 0 radical (unpaired) electrons. The van der Waals surface area contributed by atoms with Gasteiger partial charge in [-0.3, -0.25) is 10.2 Å². The normalized spacial score (nSPS) is 20.9. The third-order valence-electron chi connectivity index (χ3n) is 3.33. The minimum Gasteiger partial charge on any atom is -0.481 e. The predicted octanol–water partition coefficient (Wildman–Crippen LogP) is 1.78. The average Bonchev–Trinajstić information content (AvgIpc) is 2.41. The molecule has 1 aliphatic carbocycles. The number of guanidine groups is 1. The lowest BCUT2D eigenvalue weighted by atomic mass is 9.92. The van der Waals surface area contributed by atoms with E-state index in [1.165, 1.54) is 0 Å². The zero-order chi connectivity index (χ0) is 15.8. The minimum atomic E-state index is -0.833. The molecule has 1 aromatic rings. The lowest BCUT2D eigenvalue weighted by molar-refractivity contribution is -0.134. The Morgan fingerprint density at radius 1 is 1.24 bits per heavy atom. The van der Waals surface area contributed by atoms with Crippen LogP contribution in [0.3, 0.4) is 0 Å². The summed E-state index contributed by atoms with van der Waals surface area (Å²) in [5, 5.41) is 24.6. The SMILES string of the molecule is CC(=O)O.N=C(N)N(c1ccccc1)C1CCC(O)CC1. The van der Waals surface area contributed by atoms with Crippen LogP contribution in [0.2, 0.25) is 0 Å². The number of hydrogen-bond donors (Lipinski definition) is 4. The van der Waals surface area contributed by atoms with Crippen LogP contribution >= 0.6 is 0 Å². The summed E-state index contributed by atoms with van der Waals surface area (Å²) in [5.74, 6) is -0.752. The van der Waals surface area contributed by atoms with Crippen molar-refractivity contribution in [3.8, 4) is 0 Å². The fourth-order valence-corrected chi connectivity index (χ4v) is 2.45. The lowest BCUT2D eigenvalue weighted by Gasteiger charge is -2.36. The largest absolute Gasteiger partial charge is 0.481 e. The van der Waals surface area contributed by atoms with Gasteiger partial charge in [-0.15, -0.1) is 0 Å². The summed E-state index contributed by atoms with van der Waals surface area (Å²) in [7, 11) is 0. The van der Waals surface area contributed by atoms with Gasteiger partial charge in [-0.1, -0.05) is 18.2 Å². The number of aliphatic hydroxyl groups excluding tert-OH is 1. The molecule has 1 fully saturated rings. The van der Waals surface area contributed by atoms with Crippen molar-refractivity contribution in [1.82, 2.24) is 0 Å². The Hall–Kier alpha value is -2.08. The molecule has 6 nitrogen and oxygen atoms in total. The molecule has 5 N–H and O–H groups in total. The van der Waals surface area contributed by atoms with Crippen LogP contribution in [0, 0.1) is 5.41 Å². The molecule has 2 rings (SSSR count). The molecule has 1 aliphatic rings. The molecule has 21 heavy (non-hydrogen) atoms. The molecule has 0 bridgehead atoms. The first-order chi connectivity index (χ1) is 9.91. The molecular formula is C15H23N3O3. The maximum atomic E-state index is 9.51. The second-order valence-corrected chi connectivity index (χ2v) is 5.07. The zero-order valence-electron chi connectivity index (χ0n) is 12.2. The van der Waals surface area contributed by atoms with Gasteiger partial charge in [0.1, 0.15) is 0 Å². The summed E-state index contributed by atoms with van der Waals surface area (Å²) in [6.45, 7) is 1.08. The van der Waals surface area contributed by atoms with Crippen LogP contribution in [-0.4, -0.2) is 34.3 Å². The van der Waals surface area contributed by atoms with Crippen molar-refractivity contribution in [2.24, 2.45) is 5.73 Å². The standard InChI is InChI=1S/C13H19N3O.C2H4O2/c14-13(15)16(10-4-2-1-3-5-10)11-6-8-12(17)9-7-11;1-2(3)4/h1-5,11-12,17H,6-9H2,(H3,14,15);1H3,(H,3,4). The monoisotopic (exact) mass is 293 g/mol. The Labute approximate surface area is 124 Å². The van der Waals surface area contributed by atoms with Crippen LogP contribution in [0.15, 0.2) is 30.3 Å². The van der Waals surface area contributed by atoms with Gasteiger partial charge in [0.05, 0.1) is 6.10 Å². The number of rotatable bonds is 2. The maximum absolute atomic E-state index is 9.51. The smallest absolute Gasteiger partial charge is 0.300 e. The highest BCUT2D eigenvalue weighted by atomic mass is 16.4. The van der Waals surface area contributed by atoms with Crippen LogP contribution in [0.5, 0.6) is 0 Å². The molecule has 0 spiro atoms. The molecule has 0 saturated heterocycles. The summed E-state index contributed by atoms with van der Waals surface area (Å²) in [4.78, 5) is 10.9. The van der Waals surface area contributed by atoms with Gasteiger partial charge in [0.25, 0.3) is 5.97 Å². The number of carbonyl (C=O) groups is 1. The third-order valence-corrected chi connectivity index (χ3v) is 3.33. The second-order valence-electron chi connectivity index (χ2n) is 5.07. The first-order valence-corrected chi connectivity index (χ1v) is 6.97. The average molecular weight is 293 g/mol. The van der Waals surface area contributed by atoms with E-state index in [0.29, 0.717) is 0 Å². The fourth-order valence-electron chi connectivity index (χ4n) is 2.45.